The van der Waals surface area contributed by atoms with Crippen LogP contribution in [0, 0.1) is 0 Å². The molecule has 14 heavy (non-hydrogen) atoms. The molecule has 1 aromatic carbocycles. The average molecular weight is 191 g/mol. The summed E-state index contributed by atoms with van der Waals surface area (Å²) in [6, 6.07) is 8.12. The van der Waals surface area contributed by atoms with Gasteiger partial charge in [-0.25, -0.2) is 0 Å². The van der Waals surface area contributed by atoms with Gasteiger partial charge in [-0.05, 0) is 31.2 Å². The van der Waals surface area contributed by atoms with Crippen molar-refractivity contribution in [3.63, 3.8) is 0 Å². The molecule has 1 aromatic rings. The molecule has 2 heteroatoms. The molecule has 0 saturated carbocycles. The summed E-state index contributed by atoms with van der Waals surface area (Å²) in [6.45, 7) is 5.22. The largest absolute Gasteiger partial charge is 0.493 e. The Bertz CT molecular complexity index is 283. The fourth-order valence-corrected chi connectivity index (χ4v) is 1.21. The van der Waals surface area contributed by atoms with Crippen molar-refractivity contribution >= 4 is 0 Å². The molecule has 0 heterocycles. The Labute approximate surface area is 85.6 Å². The smallest absolute Gasteiger partial charge is 0.119 e. The summed E-state index contributed by atoms with van der Waals surface area (Å²) in [4.78, 5) is 0. The molecule has 0 fully saturated rings. The highest BCUT2D eigenvalue weighted by atomic mass is 16.5. The zero-order valence-electron chi connectivity index (χ0n) is 8.62. The maximum atomic E-state index is 5.53. The van der Waals surface area contributed by atoms with Gasteiger partial charge in [-0.2, -0.15) is 0 Å². The van der Waals surface area contributed by atoms with Crippen LogP contribution >= 0.6 is 0 Å². The highest BCUT2D eigenvalue weighted by Crippen LogP contribution is 2.13. The number of hydrogen-bond acceptors (Lipinski definition) is 2. The van der Waals surface area contributed by atoms with Crippen LogP contribution in [0.1, 0.15) is 12.0 Å². The molecule has 0 bridgehead atoms. The van der Waals surface area contributed by atoms with Crippen molar-refractivity contribution in [3.8, 4) is 5.75 Å². The molecule has 1 N–H and O–H groups in total. The lowest BCUT2D eigenvalue weighted by molar-refractivity contribution is 0.324. The third-order valence-electron chi connectivity index (χ3n) is 1.87. The van der Waals surface area contributed by atoms with Gasteiger partial charge in [0.25, 0.3) is 0 Å². The van der Waals surface area contributed by atoms with Crippen LogP contribution in [0.4, 0.5) is 0 Å². The summed E-state index contributed by atoms with van der Waals surface area (Å²) in [5.41, 5.74) is 1.24. The van der Waals surface area contributed by atoms with E-state index >= 15 is 0 Å². The van der Waals surface area contributed by atoms with Crippen molar-refractivity contribution < 1.29 is 4.74 Å². The maximum Gasteiger partial charge on any atom is 0.119 e. The van der Waals surface area contributed by atoms with Gasteiger partial charge >= 0.3 is 0 Å². The molecule has 0 spiro atoms. The van der Waals surface area contributed by atoms with E-state index in [1.54, 1.807) is 0 Å². The van der Waals surface area contributed by atoms with E-state index < -0.39 is 0 Å². The highest BCUT2D eigenvalue weighted by molar-refractivity contribution is 5.28. The Kier molecular flexibility index (Phi) is 4.79. The van der Waals surface area contributed by atoms with E-state index in [9.17, 15) is 0 Å². The molecule has 0 aromatic heterocycles. The van der Waals surface area contributed by atoms with Crippen LogP contribution in [0.5, 0.6) is 5.75 Å². The van der Waals surface area contributed by atoms with Gasteiger partial charge in [0.15, 0.2) is 0 Å². The Morgan fingerprint density at radius 2 is 2.36 bits per heavy atom. The third-order valence-corrected chi connectivity index (χ3v) is 1.87. The Morgan fingerprint density at radius 1 is 1.50 bits per heavy atom. The first-order chi connectivity index (χ1) is 6.86. The van der Waals surface area contributed by atoms with E-state index in [0.717, 1.165) is 18.7 Å². The quantitative estimate of drug-likeness (QED) is 0.550. The summed E-state index contributed by atoms with van der Waals surface area (Å²) in [5, 5.41) is 3.11. The second-order valence-corrected chi connectivity index (χ2v) is 3.10. The Balaban J connectivity index is 2.50. The number of nitrogens with one attached hydrogen (secondary N) is 1. The van der Waals surface area contributed by atoms with Gasteiger partial charge in [0.2, 0.25) is 0 Å². The van der Waals surface area contributed by atoms with Crippen LogP contribution in [0.15, 0.2) is 36.9 Å². The summed E-state index contributed by atoms with van der Waals surface area (Å²) in [6.07, 6.45) is 2.74. The zero-order chi connectivity index (χ0) is 10.2. The van der Waals surface area contributed by atoms with Crippen molar-refractivity contribution in [2.24, 2.45) is 0 Å². The van der Waals surface area contributed by atoms with E-state index in [4.69, 9.17) is 4.74 Å². The molecule has 0 radical (unpaired) electrons. The van der Waals surface area contributed by atoms with E-state index in [-0.39, 0.29) is 0 Å². The van der Waals surface area contributed by atoms with Crippen molar-refractivity contribution in [2.75, 3.05) is 13.7 Å². The van der Waals surface area contributed by atoms with Gasteiger partial charge in [0, 0.05) is 6.54 Å². The van der Waals surface area contributed by atoms with Gasteiger partial charge in [0.1, 0.15) is 5.75 Å². The normalized spacial score (nSPS) is 9.79. The van der Waals surface area contributed by atoms with Crippen molar-refractivity contribution in [1.29, 1.82) is 0 Å². The monoisotopic (exact) mass is 191 g/mol. The van der Waals surface area contributed by atoms with Gasteiger partial charge in [-0.1, -0.05) is 18.2 Å². The molecule has 0 atom stereocenters. The van der Waals surface area contributed by atoms with Crippen LogP contribution in [0.2, 0.25) is 0 Å². The number of rotatable bonds is 6. The van der Waals surface area contributed by atoms with Crippen LogP contribution < -0.4 is 10.1 Å². The molecular formula is C12H17NO. The second-order valence-electron chi connectivity index (χ2n) is 3.10. The van der Waals surface area contributed by atoms with Crippen LogP contribution in [0.3, 0.4) is 0 Å². The topological polar surface area (TPSA) is 21.3 Å². The van der Waals surface area contributed by atoms with Crippen LogP contribution in [-0.2, 0) is 6.54 Å². The molecule has 2 nitrogen and oxygen atoms in total. The fraction of sp³-hybridized carbons (Fsp3) is 0.333. The van der Waals surface area contributed by atoms with E-state index in [2.05, 4.69) is 24.0 Å². The predicted octanol–water partition coefficient (Wildman–Crippen LogP) is 2.36. The highest BCUT2D eigenvalue weighted by Gasteiger charge is 1.95. The molecular weight excluding hydrogens is 174 g/mol. The molecule has 0 unspecified atom stereocenters. The molecule has 0 aliphatic heterocycles. The minimum atomic E-state index is 0.701. The first-order valence-corrected chi connectivity index (χ1v) is 4.84. The van der Waals surface area contributed by atoms with Gasteiger partial charge < -0.3 is 10.1 Å². The van der Waals surface area contributed by atoms with E-state index in [0.29, 0.717) is 6.61 Å². The fourth-order valence-electron chi connectivity index (χ4n) is 1.21. The number of benzene rings is 1. The van der Waals surface area contributed by atoms with Gasteiger partial charge in [-0.15, -0.1) is 6.58 Å². The van der Waals surface area contributed by atoms with E-state index in [1.165, 1.54) is 5.56 Å². The lowest BCUT2D eigenvalue weighted by Gasteiger charge is -2.06. The molecule has 1 rings (SSSR count). The third kappa shape index (κ3) is 3.62. The standard InChI is InChI=1S/C12H17NO/c1-3-4-8-14-12-7-5-6-11(9-12)10-13-2/h3,5-7,9,13H,1,4,8,10H2,2H3. The molecule has 0 saturated heterocycles. The lowest BCUT2D eigenvalue weighted by Crippen LogP contribution is -2.05. The van der Waals surface area contributed by atoms with Crippen LogP contribution in [-0.4, -0.2) is 13.7 Å². The Hall–Kier alpha value is -1.28. The minimum absolute atomic E-state index is 0.701. The van der Waals surface area contributed by atoms with Crippen molar-refractivity contribution in [3.05, 3.63) is 42.5 Å². The summed E-state index contributed by atoms with van der Waals surface area (Å²) in [5.74, 6) is 0.930. The Morgan fingerprint density at radius 3 is 3.07 bits per heavy atom. The average Bonchev–Trinajstić information content (AvgIpc) is 2.19. The SMILES string of the molecule is C=CCCOc1cccc(CNC)c1. The molecule has 0 aliphatic rings. The van der Waals surface area contributed by atoms with Gasteiger partial charge in [-0.3, -0.25) is 0 Å². The first-order valence-electron chi connectivity index (χ1n) is 4.84. The molecule has 76 valence electrons. The van der Waals surface area contributed by atoms with Gasteiger partial charge in [0.05, 0.1) is 6.61 Å². The number of hydrogen-bond donors (Lipinski definition) is 1. The summed E-state index contributed by atoms with van der Waals surface area (Å²) in [7, 11) is 1.94. The van der Waals surface area contributed by atoms with Crippen molar-refractivity contribution in [1.82, 2.24) is 5.32 Å². The molecule has 0 aliphatic carbocycles. The lowest BCUT2D eigenvalue weighted by atomic mass is 10.2. The summed E-state index contributed by atoms with van der Waals surface area (Å²) >= 11 is 0. The van der Waals surface area contributed by atoms with E-state index in [1.807, 2.05) is 25.3 Å². The summed E-state index contributed by atoms with van der Waals surface area (Å²) < 4.78 is 5.53. The van der Waals surface area contributed by atoms with Crippen LogP contribution in [0.25, 0.3) is 0 Å². The number of ether oxygens (including phenoxy) is 1. The predicted molar refractivity (Wildman–Crippen MR) is 59.5 cm³/mol. The maximum absolute atomic E-state index is 5.53. The second kappa shape index (κ2) is 6.22. The minimum Gasteiger partial charge on any atom is -0.493 e. The molecule has 0 amide bonds. The first kappa shape index (κ1) is 10.8. The zero-order valence-corrected chi connectivity index (χ0v) is 8.62. The van der Waals surface area contributed by atoms with Crippen molar-refractivity contribution in [2.45, 2.75) is 13.0 Å².